The molecule has 0 spiro atoms. The van der Waals surface area contributed by atoms with Gasteiger partial charge in [-0.1, -0.05) is 5.16 Å². The van der Waals surface area contributed by atoms with Crippen LogP contribution < -0.4 is 0 Å². The molecule has 88 valence electrons. The first-order valence-corrected chi connectivity index (χ1v) is 6.67. The molecule has 1 aromatic rings. The van der Waals surface area contributed by atoms with Gasteiger partial charge in [-0.05, 0) is 6.42 Å². The van der Waals surface area contributed by atoms with Crippen LogP contribution in [0.5, 0.6) is 0 Å². The Balaban J connectivity index is 1.76. The Morgan fingerprint density at radius 2 is 2.31 bits per heavy atom. The summed E-state index contributed by atoms with van der Waals surface area (Å²) in [5, 5.41) is 13.7. The van der Waals surface area contributed by atoms with Gasteiger partial charge in [0.25, 0.3) is 0 Å². The van der Waals surface area contributed by atoms with Crippen molar-refractivity contribution in [2.45, 2.75) is 24.4 Å². The highest BCUT2D eigenvalue weighted by Gasteiger charge is 2.33. The van der Waals surface area contributed by atoms with Crippen LogP contribution in [0.3, 0.4) is 0 Å². The number of aliphatic hydroxyl groups excluding tert-OH is 1. The fourth-order valence-electron chi connectivity index (χ4n) is 2.08. The van der Waals surface area contributed by atoms with E-state index in [9.17, 15) is 5.11 Å². The van der Waals surface area contributed by atoms with Gasteiger partial charge in [0.1, 0.15) is 0 Å². The fraction of sp³-hybridized carbons (Fsp3) is 0.800. The number of thioether (sulfide) groups is 1. The molecule has 0 aliphatic carbocycles. The molecule has 2 aliphatic heterocycles. The molecule has 2 saturated heterocycles. The van der Waals surface area contributed by atoms with Crippen LogP contribution in [0.15, 0.2) is 4.52 Å². The highest BCUT2D eigenvalue weighted by atomic mass is 32.2. The van der Waals surface area contributed by atoms with Gasteiger partial charge >= 0.3 is 0 Å². The van der Waals surface area contributed by atoms with Crippen LogP contribution in [0, 0.1) is 0 Å². The first-order valence-electron chi connectivity index (χ1n) is 5.51. The van der Waals surface area contributed by atoms with Gasteiger partial charge < -0.3 is 14.4 Å². The van der Waals surface area contributed by atoms with Crippen molar-refractivity contribution < 1.29 is 14.4 Å². The first-order chi connectivity index (χ1) is 7.84. The summed E-state index contributed by atoms with van der Waals surface area (Å²) in [4.78, 5) is 4.39. The van der Waals surface area contributed by atoms with Crippen LogP contribution in [-0.2, 0) is 4.74 Å². The number of aromatic nitrogens is 2. The molecule has 6 heteroatoms. The molecule has 1 aromatic heterocycles. The summed E-state index contributed by atoms with van der Waals surface area (Å²) < 4.78 is 10.5. The van der Waals surface area contributed by atoms with Crippen molar-refractivity contribution in [1.82, 2.24) is 10.1 Å². The first kappa shape index (κ1) is 10.6. The van der Waals surface area contributed by atoms with Crippen LogP contribution in [0.2, 0.25) is 0 Å². The third kappa shape index (κ3) is 1.85. The second-order valence-electron chi connectivity index (χ2n) is 4.26. The molecule has 0 saturated carbocycles. The van der Waals surface area contributed by atoms with E-state index in [-0.39, 0.29) is 17.9 Å². The van der Waals surface area contributed by atoms with Gasteiger partial charge in [0.05, 0.1) is 18.6 Å². The van der Waals surface area contributed by atoms with Crippen molar-refractivity contribution in [2.24, 2.45) is 0 Å². The zero-order chi connectivity index (χ0) is 11.0. The third-order valence-corrected chi connectivity index (χ3v) is 4.29. The van der Waals surface area contributed by atoms with E-state index in [2.05, 4.69) is 10.1 Å². The number of hydrogen-bond donors (Lipinski definition) is 1. The predicted octanol–water partition coefficient (Wildman–Crippen LogP) is 0.765. The molecule has 3 atom stereocenters. The Morgan fingerprint density at radius 3 is 3.00 bits per heavy atom. The van der Waals surface area contributed by atoms with E-state index in [1.165, 1.54) is 0 Å². The quantitative estimate of drug-likeness (QED) is 0.826. The Bertz CT molecular complexity index is 365. The number of hydrogen-bond acceptors (Lipinski definition) is 6. The molecule has 3 unspecified atom stereocenters. The van der Waals surface area contributed by atoms with Gasteiger partial charge in [0, 0.05) is 24.0 Å². The highest BCUT2D eigenvalue weighted by molar-refractivity contribution is 7.99. The van der Waals surface area contributed by atoms with Crippen LogP contribution >= 0.6 is 11.8 Å². The molecule has 5 nitrogen and oxygen atoms in total. The molecule has 0 amide bonds. The topological polar surface area (TPSA) is 68.4 Å². The summed E-state index contributed by atoms with van der Waals surface area (Å²) in [6.45, 7) is 1.46. The second-order valence-corrected chi connectivity index (χ2v) is 5.34. The lowest BCUT2D eigenvalue weighted by Gasteiger charge is -2.06. The molecule has 0 bridgehead atoms. The van der Waals surface area contributed by atoms with Crippen molar-refractivity contribution in [2.75, 3.05) is 24.7 Å². The fourth-order valence-corrected chi connectivity index (χ4v) is 3.31. The molecule has 0 aromatic carbocycles. The summed E-state index contributed by atoms with van der Waals surface area (Å²) in [5.41, 5.74) is 0. The van der Waals surface area contributed by atoms with Crippen LogP contribution in [-0.4, -0.2) is 46.1 Å². The summed E-state index contributed by atoms with van der Waals surface area (Å²) in [6, 6.07) is 0. The Hall–Kier alpha value is -0.590. The smallest absolute Gasteiger partial charge is 0.233 e. The van der Waals surface area contributed by atoms with E-state index in [0.717, 1.165) is 30.4 Å². The molecule has 1 N–H and O–H groups in total. The van der Waals surface area contributed by atoms with E-state index in [0.29, 0.717) is 12.5 Å². The lowest BCUT2D eigenvalue weighted by atomic mass is 10.1. The molecule has 2 fully saturated rings. The molecule has 2 aliphatic rings. The van der Waals surface area contributed by atoms with Crippen LogP contribution in [0.1, 0.15) is 30.0 Å². The highest BCUT2D eigenvalue weighted by Crippen LogP contribution is 2.33. The van der Waals surface area contributed by atoms with Gasteiger partial charge in [-0.2, -0.15) is 16.7 Å². The second kappa shape index (κ2) is 4.35. The van der Waals surface area contributed by atoms with Crippen molar-refractivity contribution in [3.8, 4) is 0 Å². The third-order valence-electron chi connectivity index (χ3n) is 3.12. The van der Waals surface area contributed by atoms with Gasteiger partial charge in [-0.3, -0.25) is 0 Å². The van der Waals surface area contributed by atoms with Crippen molar-refractivity contribution in [1.29, 1.82) is 0 Å². The number of rotatable bonds is 2. The zero-order valence-electron chi connectivity index (χ0n) is 8.83. The van der Waals surface area contributed by atoms with Crippen LogP contribution in [0.4, 0.5) is 0 Å². The van der Waals surface area contributed by atoms with E-state index < -0.39 is 0 Å². The Morgan fingerprint density at radius 1 is 1.38 bits per heavy atom. The summed E-state index contributed by atoms with van der Waals surface area (Å²) in [7, 11) is 0. The number of aliphatic hydroxyl groups is 1. The standard InChI is InChI=1S/C10H14N2O3S/c13-8-5-16-4-7(8)10-11-9(12-15-10)6-1-2-14-3-6/h6-8,13H,1-5H2. The molecule has 16 heavy (non-hydrogen) atoms. The van der Waals surface area contributed by atoms with Gasteiger partial charge in [-0.25, -0.2) is 0 Å². The SMILES string of the molecule is OC1CSCC1c1nc(C2CCOC2)no1. The lowest BCUT2D eigenvalue weighted by Crippen LogP contribution is -2.16. The molecular weight excluding hydrogens is 228 g/mol. The van der Waals surface area contributed by atoms with Gasteiger partial charge in [0.15, 0.2) is 5.82 Å². The average Bonchev–Trinajstić information content (AvgIpc) is 2.96. The minimum atomic E-state index is -0.349. The number of nitrogens with zero attached hydrogens (tertiary/aromatic N) is 2. The molecule has 3 rings (SSSR count). The Kier molecular flexibility index (Phi) is 2.87. The summed E-state index contributed by atoms with van der Waals surface area (Å²) >= 11 is 1.72. The normalized spacial score (nSPS) is 34.7. The van der Waals surface area contributed by atoms with E-state index >= 15 is 0 Å². The lowest BCUT2D eigenvalue weighted by molar-refractivity contribution is 0.164. The van der Waals surface area contributed by atoms with E-state index in [4.69, 9.17) is 9.26 Å². The minimum Gasteiger partial charge on any atom is -0.391 e. The molecule has 3 heterocycles. The maximum absolute atomic E-state index is 9.74. The summed E-state index contributed by atoms with van der Waals surface area (Å²) in [6.07, 6.45) is 0.610. The monoisotopic (exact) mass is 242 g/mol. The van der Waals surface area contributed by atoms with Crippen molar-refractivity contribution >= 4 is 11.8 Å². The van der Waals surface area contributed by atoms with Gasteiger partial charge in [0.2, 0.25) is 5.89 Å². The van der Waals surface area contributed by atoms with Crippen molar-refractivity contribution in [3.05, 3.63) is 11.7 Å². The molecule has 0 radical (unpaired) electrons. The van der Waals surface area contributed by atoms with Crippen LogP contribution in [0.25, 0.3) is 0 Å². The van der Waals surface area contributed by atoms with Gasteiger partial charge in [-0.15, -0.1) is 0 Å². The maximum atomic E-state index is 9.74. The van der Waals surface area contributed by atoms with Crippen molar-refractivity contribution in [3.63, 3.8) is 0 Å². The molecular formula is C10H14N2O3S. The minimum absolute atomic E-state index is 0.00794. The number of ether oxygens (including phenoxy) is 1. The van der Waals surface area contributed by atoms with E-state index in [1.54, 1.807) is 11.8 Å². The average molecular weight is 242 g/mol. The van der Waals surface area contributed by atoms with E-state index in [1.807, 2.05) is 0 Å². The predicted molar refractivity (Wildman–Crippen MR) is 58.5 cm³/mol. The summed E-state index contributed by atoms with van der Waals surface area (Å²) in [5.74, 6) is 3.21. The maximum Gasteiger partial charge on any atom is 0.233 e. The Labute approximate surface area is 97.6 Å². The zero-order valence-corrected chi connectivity index (χ0v) is 9.65. The largest absolute Gasteiger partial charge is 0.391 e.